The number of rotatable bonds is 7. The maximum Gasteiger partial charge on any atom is 0.251 e. The van der Waals surface area contributed by atoms with Crippen molar-refractivity contribution in [2.45, 2.75) is 13.3 Å². The Bertz CT molecular complexity index is 325. The molecular weight excluding hydrogens is 210 g/mol. The first-order valence-electron chi connectivity index (χ1n) is 5.17. The van der Waals surface area contributed by atoms with Crippen LogP contribution in [0.15, 0.2) is 6.07 Å². The molecule has 2 N–H and O–H groups in total. The number of hydrogen-bond donors (Lipinski definition) is 2. The van der Waals surface area contributed by atoms with E-state index in [0.717, 1.165) is 12.1 Å². The van der Waals surface area contributed by atoms with E-state index < -0.39 is 0 Å². The standard InChI is InChI=1S/C10H17N3O3/c1-3-8-6-9(13-12-8)11-10(14)7-16-5-4-15-2/h6H,3-5,7H2,1-2H3,(H2,11,12,13,14). The van der Waals surface area contributed by atoms with Crippen LogP contribution >= 0.6 is 0 Å². The van der Waals surface area contributed by atoms with Gasteiger partial charge in [-0.3, -0.25) is 9.89 Å². The van der Waals surface area contributed by atoms with Gasteiger partial charge in [-0.25, -0.2) is 0 Å². The van der Waals surface area contributed by atoms with Gasteiger partial charge in [0.05, 0.1) is 13.2 Å². The number of hydrogen-bond acceptors (Lipinski definition) is 4. The fourth-order valence-corrected chi connectivity index (χ4v) is 1.09. The van der Waals surface area contributed by atoms with E-state index in [1.807, 2.05) is 6.92 Å². The molecule has 1 aromatic heterocycles. The molecule has 0 unspecified atom stereocenters. The summed E-state index contributed by atoms with van der Waals surface area (Å²) in [6.07, 6.45) is 0.854. The number of ether oxygens (including phenoxy) is 2. The molecule has 0 aliphatic heterocycles. The average Bonchev–Trinajstić information content (AvgIpc) is 2.72. The second-order valence-electron chi connectivity index (χ2n) is 3.23. The van der Waals surface area contributed by atoms with Gasteiger partial charge in [0.2, 0.25) is 0 Å². The zero-order valence-electron chi connectivity index (χ0n) is 9.58. The maximum atomic E-state index is 11.3. The van der Waals surface area contributed by atoms with E-state index in [4.69, 9.17) is 9.47 Å². The highest BCUT2D eigenvalue weighted by Gasteiger charge is 2.05. The largest absolute Gasteiger partial charge is 0.382 e. The minimum atomic E-state index is -0.217. The number of carbonyl (C=O) groups excluding carboxylic acids is 1. The van der Waals surface area contributed by atoms with Crippen LogP contribution in [-0.4, -0.2) is 43.0 Å². The minimum absolute atomic E-state index is 0.0116. The predicted molar refractivity (Wildman–Crippen MR) is 59.3 cm³/mol. The van der Waals surface area contributed by atoms with Crippen molar-refractivity contribution in [3.8, 4) is 0 Å². The first-order valence-corrected chi connectivity index (χ1v) is 5.17. The van der Waals surface area contributed by atoms with Gasteiger partial charge >= 0.3 is 0 Å². The number of carbonyl (C=O) groups is 1. The lowest BCUT2D eigenvalue weighted by molar-refractivity contribution is -0.121. The summed E-state index contributed by atoms with van der Waals surface area (Å²) in [5.74, 6) is 0.308. The number of anilines is 1. The predicted octanol–water partition coefficient (Wildman–Crippen LogP) is 0.574. The second-order valence-corrected chi connectivity index (χ2v) is 3.23. The SMILES string of the molecule is CCc1cc(NC(=O)COCCOC)n[nH]1. The molecule has 0 saturated carbocycles. The number of aryl methyl sites for hydroxylation is 1. The Morgan fingerprint density at radius 3 is 3.00 bits per heavy atom. The van der Waals surface area contributed by atoms with Crippen LogP contribution in [0.25, 0.3) is 0 Å². The first-order chi connectivity index (χ1) is 7.76. The maximum absolute atomic E-state index is 11.3. The molecule has 0 aromatic carbocycles. The van der Waals surface area contributed by atoms with Crippen LogP contribution < -0.4 is 5.32 Å². The van der Waals surface area contributed by atoms with Gasteiger partial charge in [0.1, 0.15) is 6.61 Å². The van der Waals surface area contributed by atoms with Gasteiger partial charge < -0.3 is 14.8 Å². The smallest absolute Gasteiger partial charge is 0.251 e. The normalized spacial score (nSPS) is 10.4. The Labute approximate surface area is 94.3 Å². The minimum Gasteiger partial charge on any atom is -0.382 e. The summed E-state index contributed by atoms with van der Waals surface area (Å²) in [7, 11) is 1.58. The van der Waals surface area contributed by atoms with Gasteiger partial charge in [0.15, 0.2) is 5.82 Å². The van der Waals surface area contributed by atoms with Crippen molar-refractivity contribution in [3.63, 3.8) is 0 Å². The van der Waals surface area contributed by atoms with Crippen molar-refractivity contribution in [2.24, 2.45) is 0 Å². The molecule has 0 aliphatic carbocycles. The number of aromatic nitrogens is 2. The van der Waals surface area contributed by atoms with Gasteiger partial charge in [0.25, 0.3) is 5.91 Å². The molecule has 1 heterocycles. The van der Waals surface area contributed by atoms with E-state index in [1.165, 1.54) is 0 Å². The molecular formula is C10H17N3O3. The number of methoxy groups -OCH3 is 1. The van der Waals surface area contributed by atoms with Crippen LogP contribution in [0.4, 0.5) is 5.82 Å². The lowest BCUT2D eigenvalue weighted by Gasteiger charge is -2.03. The Hall–Kier alpha value is -1.40. The number of nitrogens with zero attached hydrogens (tertiary/aromatic N) is 1. The number of H-pyrrole nitrogens is 1. The molecule has 1 amide bonds. The highest BCUT2D eigenvalue weighted by Crippen LogP contribution is 2.05. The third kappa shape index (κ3) is 4.41. The molecule has 0 atom stereocenters. The topological polar surface area (TPSA) is 76.2 Å². The Balaban J connectivity index is 2.23. The molecule has 6 nitrogen and oxygen atoms in total. The molecule has 0 spiro atoms. The molecule has 1 aromatic rings. The number of nitrogens with one attached hydrogen (secondary N) is 2. The first kappa shape index (κ1) is 12.7. The molecule has 0 fully saturated rings. The van der Waals surface area contributed by atoms with Crippen LogP contribution in [0.1, 0.15) is 12.6 Å². The molecule has 0 radical (unpaired) electrons. The van der Waals surface area contributed by atoms with Crippen LogP contribution in [0.2, 0.25) is 0 Å². The third-order valence-corrected chi connectivity index (χ3v) is 1.94. The van der Waals surface area contributed by atoms with Gasteiger partial charge in [-0.05, 0) is 6.42 Å². The fraction of sp³-hybridized carbons (Fsp3) is 0.600. The summed E-state index contributed by atoms with van der Waals surface area (Å²) >= 11 is 0. The van der Waals surface area contributed by atoms with E-state index in [1.54, 1.807) is 13.2 Å². The van der Waals surface area contributed by atoms with Crippen molar-refractivity contribution in [2.75, 3.05) is 32.2 Å². The summed E-state index contributed by atoms with van der Waals surface area (Å²) < 4.78 is 9.85. The van der Waals surface area contributed by atoms with Crippen molar-refractivity contribution >= 4 is 11.7 Å². The average molecular weight is 227 g/mol. The molecule has 0 bridgehead atoms. The molecule has 16 heavy (non-hydrogen) atoms. The van der Waals surface area contributed by atoms with E-state index in [9.17, 15) is 4.79 Å². The van der Waals surface area contributed by atoms with Gasteiger partial charge in [-0.1, -0.05) is 6.92 Å². The van der Waals surface area contributed by atoms with E-state index in [0.29, 0.717) is 19.0 Å². The highest BCUT2D eigenvalue weighted by atomic mass is 16.5. The molecule has 0 aliphatic rings. The number of amides is 1. The lowest BCUT2D eigenvalue weighted by atomic mass is 10.3. The van der Waals surface area contributed by atoms with Crippen LogP contribution in [-0.2, 0) is 20.7 Å². The fourth-order valence-electron chi connectivity index (χ4n) is 1.09. The Morgan fingerprint density at radius 2 is 2.38 bits per heavy atom. The van der Waals surface area contributed by atoms with E-state index in [2.05, 4.69) is 15.5 Å². The molecule has 6 heteroatoms. The number of aromatic amines is 1. The summed E-state index contributed by atoms with van der Waals surface area (Å²) in [4.78, 5) is 11.3. The monoisotopic (exact) mass is 227 g/mol. The van der Waals surface area contributed by atoms with Crippen molar-refractivity contribution < 1.29 is 14.3 Å². The molecule has 90 valence electrons. The molecule has 1 rings (SSSR count). The zero-order chi connectivity index (χ0) is 11.8. The quantitative estimate of drug-likeness (QED) is 0.668. The van der Waals surface area contributed by atoms with Gasteiger partial charge in [-0.15, -0.1) is 0 Å². The van der Waals surface area contributed by atoms with Crippen LogP contribution in [0.3, 0.4) is 0 Å². The Morgan fingerprint density at radius 1 is 1.56 bits per heavy atom. The lowest BCUT2D eigenvalue weighted by Crippen LogP contribution is -2.19. The van der Waals surface area contributed by atoms with Crippen LogP contribution in [0.5, 0.6) is 0 Å². The van der Waals surface area contributed by atoms with Gasteiger partial charge in [0, 0.05) is 18.9 Å². The van der Waals surface area contributed by atoms with Gasteiger partial charge in [-0.2, -0.15) is 5.10 Å². The Kier molecular flexibility index (Phi) is 5.52. The van der Waals surface area contributed by atoms with Crippen molar-refractivity contribution in [1.29, 1.82) is 0 Å². The van der Waals surface area contributed by atoms with Crippen molar-refractivity contribution in [3.05, 3.63) is 11.8 Å². The zero-order valence-corrected chi connectivity index (χ0v) is 9.58. The summed E-state index contributed by atoms with van der Waals surface area (Å²) in [5, 5.41) is 9.37. The van der Waals surface area contributed by atoms with Crippen molar-refractivity contribution in [1.82, 2.24) is 10.2 Å². The van der Waals surface area contributed by atoms with Crippen LogP contribution in [0, 0.1) is 0 Å². The van der Waals surface area contributed by atoms with E-state index >= 15 is 0 Å². The summed E-state index contributed by atoms with van der Waals surface area (Å²) in [6, 6.07) is 1.80. The second kappa shape index (κ2) is 6.97. The summed E-state index contributed by atoms with van der Waals surface area (Å²) in [6.45, 7) is 2.91. The highest BCUT2D eigenvalue weighted by molar-refractivity contribution is 5.90. The molecule has 0 saturated heterocycles. The third-order valence-electron chi connectivity index (χ3n) is 1.94. The summed E-state index contributed by atoms with van der Waals surface area (Å²) in [5.41, 5.74) is 0.982. The van der Waals surface area contributed by atoms with E-state index in [-0.39, 0.29) is 12.5 Å².